The van der Waals surface area contributed by atoms with Crippen LogP contribution in [0.25, 0.3) is 0 Å². The average Bonchev–Trinajstić information content (AvgIpc) is 2.03. The zero-order valence-corrected chi connectivity index (χ0v) is 7.64. The zero-order valence-electron chi connectivity index (χ0n) is 6.75. The Hall–Kier alpha value is -1.20. The highest BCUT2D eigenvalue weighted by Crippen LogP contribution is 2.10. The minimum atomic E-state index is -3.37. The van der Waals surface area contributed by atoms with Crippen LogP contribution in [0.5, 0.6) is 5.75 Å². The summed E-state index contributed by atoms with van der Waals surface area (Å²) in [5.74, 6) is -1.62. The van der Waals surface area contributed by atoms with Crippen molar-refractivity contribution in [3.05, 3.63) is 29.8 Å². The van der Waals surface area contributed by atoms with Gasteiger partial charge >= 0.3 is 5.97 Å². The third-order valence-electron chi connectivity index (χ3n) is 1.12. The van der Waals surface area contributed by atoms with Crippen LogP contribution in [-0.2, 0) is 0 Å². The van der Waals surface area contributed by atoms with Crippen molar-refractivity contribution >= 4 is 14.6 Å². The van der Waals surface area contributed by atoms with E-state index in [1.54, 1.807) is 0 Å². The molecular weight excluding hydrogens is 211 g/mol. The van der Waals surface area contributed by atoms with E-state index >= 15 is 0 Å². The number of para-hydroxylation sites is 1. The van der Waals surface area contributed by atoms with Crippen molar-refractivity contribution in [3.8, 4) is 5.75 Å². The summed E-state index contributed by atoms with van der Waals surface area (Å²) in [6, 6.07) is 5.54. The van der Waals surface area contributed by atoms with Gasteiger partial charge in [-0.05, 0) is 6.07 Å². The second kappa shape index (κ2) is 6.28. The third-order valence-corrected chi connectivity index (χ3v) is 1.12. The van der Waals surface area contributed by atoms with E-state index in [0.29, 0.717) is 0 Å². The highest BCUT2D eigenvalue weighted by atomic mass is 31.2. The summed E-state index contributed by atoms with van der Waals surface area (Å²) in [5, 5.41) is 19.0. The van der Waals surface area contributed by atoms with Gasteiger partial charge in [0.05, 0.1) is 5.56 Å². The Morgan fingerprint density at radius 1 is 1.21 bits per heavy atom. The van der Waals surface area contributed by atoms with Gasteiger partial charge in [0.25, 0.3) is 0 Å². The molecule has 0 bridgehead atoms. The molecule has 0 saturated heterocycles. The molecule has 0 unspecified atom stereocenters. The van der Waals surface area contributed by atoms with Gasteiger partial charge in [0, 0.05) is 0 Å². The molecule has 0 heterocycles. The smallest absolute Gasteiger partial charge is 0.335 e. The maximum Gasteiger partial charge on any atom is 0.335 e. The highest BCUT2D eigenvalue weighted by Gasteiger charge is 1.99. The first-order chi connectivity index (χ1) is 6.45. The van der Waals surface area contributed by atoms with Crippen LogP contribution in [0.3, 0.4) is 0 Å². The van der Waals surface area contributed by atoms with Crippen molar-refractivity contribution in [1.29, 1.82) is 0 Å². The van der Waals surface area contributed by atoms with Crippen LogP contribution in [0, 0.1) is 0 Å². The molecule has 0 aliphatic rings. The van der Waals surface area contributed by atoms with Gasteiger partial charge in [-0.3, -0.25) is 0 Å². The molecule has 78 valence electrons. The minimum absolute atomic E-state index is 0.178. The van der Waals surface area contributed by atoms with Gasteiger partial charge in [-0.15, -0.1) is 0 Å². The van der Waals surface area contributed by atoms with Crippen LogP contribution in [0.4, 0.5) is 0 Å². The second-order valence-electron chi connectivity index (χ2n) is 2.02. The van der Waals surface area contributed by atoms with E-state index in [2.05, 4.69) is 0 Å². The van der Waals surface area contributed by atoms with E-state index in [1.807, 2.05) is 0 Å². The predicted molar refractivity (Wildman–Crippen MR) is 39.8 cm³/mol. The van der Waals surface area contributed by atoms with Crippen LogP contribution in [0.2, 0.25) is 0 Å². The van der Waals surface area contributed by atoms with Crippen molar-refractivity contribution in [1.82, 2.24) is 0 Å². The highest BCUT2D eigenvalue weighted by molar-refractivity contribution is 7.33. The molecule has 1 aromatic carbocycles. The van der Waals surface area contributed by atoms with Gasteiger partial charge in [-0.1, -0.05) is 23.9 Å². The number of carbonyl (C=O) groups is 1. The number of benzene rings is 1. The van der Waals surface area contributed by atoms with Gasteiger partial charge in [0.2, 0.25) is 0 Å². The van der Waals surface area contributed by atoms with Gasteiger partial charge in [-0.25, -0.2) is 4.79 Å². The van der Waals surface area contributed by atoms with Gasteiger partial charge in [0.1, 0.15) is 0 Å². The van der Waals surface area contributed by atoms with Crippen molar-refractivity contribution in [2.45, 2.75) is 0 Å². The number of hydrogen-bond acceptors (Lipinski definition) is 5. The predicted octanol–water partition coefficient (Wildman–Crippen LogP) is -2.25. The van der Waals surface area contributed by atoms with Crippen molar-refractivity contribution in [3.63, 3.8) is 0 Å². The summed E-state index contributed by atoms with van der Waals surface area (Å²) >= 11 is 0. The first-order valence-corrected chi connectivity index (χ1v) is 4.35. The van der Waals surface area contributed by atoms with Crippen molar-refractivity contribution < 1.29 is 29.7 Å². The maximum absolute atomic E-state index is 10.7. The van der Waals surface area contributed by atoms with Gasteiger partial charge in [0.15, 0.2) is 0 Å². The average molecular weight is 216 g/mol. The van der Waals surface area contributed by atoms with E-state index in [-0.39, 0.29) is 5.56 Å². The Morgan fingerprint density at radius 2 is 1.64 bits per heavy atom. The summed E-state index contributed by atoms with van der Waals surface area (Å²) in [6.45, 7) is 0. The molecule has 0 aliphatic carbocycles. The molecule has 0 radical (unpaired) electrons. The molecule has 0 amide bonds. The van der Waals surface area contributed by atoms with E-state index < -0.39 is 20.3 Å². The Balaban J connectivity index is 0.000000364. The fourth-order valence-electron chi connectivity index (χ4n) is 0.643. The molecule has 0 saturated carbocycles. The van der Waals surface area contributed by atoms with E-state index in [0.717, 1.165) is 0 Å². The van der Waals surface area contributed by atoms with Crippen LogP contribution >= 0.6 is 8.60 Å². The first-order valence-electron chi connectivity index (χ1n) is 3.26. The quantitative estimate of drug-likeness (QED) is 0.528. The lowest BCUT2D eigenvalue weighted by molar-refractivity contribution is -0.407. The molecule has 7 heteroatoms. The Labute approximate surface area is 80.7 Å². The molecule has 1 rings (SSSR count). The summed E-state index contributed by atoms with van der Waals surface area (Å²) in [6.07, 6.45) is 0. The number of carboxylic acids is 1. The lowest BCUT2D eigenvalue weighted by Gasteiger charge is -2.39. The molecule has 0 aromatic heterocycles. The van der Waals surface area contributed by atoms with Crippen molar-refractivity contribution in [2.24, 2.45) is 0 Å². The summed E-state index contributed by atoms with van der Waals surface area (Å²) in [7, 11) is -3.37. The largest absolute Gasteiger partial charge is 0.872 e. The normalized spacial score (nSPS) is 9.14. The molecule has 14 heavy (non-hydrogen) atoms. The summed E-state index contributed by atoms with van der Waals surface area (Å²) in [4.78, 5) is 35.7. The molecule has 6 nitrogen and oxygen atoms in total. The molecule has 0 aliphatic heterocycles. The molecule has 1 N–H and O–H groups in total. The van der Waals surface area contributed by atoms with Crippen molar-refractivity contribution in [2.75, 3.05) is 0 Å². The van der Waals surface area contributed by atoms with Crippen LogP contribution in [0.1, 0.15) is 10.4 Å². The molecular formula is C7H5O6P-4. The van der Waals surface area contributed by atoms with E-state index in [4.69, 9.17) is 19.8 Å². The number of hydrogen-bond donors (Lipinski definition) is 1. The van der Waals surface area contributed by atoms with Crippen LogP contribution in [-0.4, -0.2) is 11.1 Å². The number of carboxylic acid groups (broad SMARTS) is 1. The topological polar surface area (TPSA) is 130 Å². The monoisotopic (exact) mass is 216 g/mol. The SMILES string of the molecule is O=C(O)c1ccccc1[O-].[O-]P([O-])[O-]. The van der Waals surface area contributed by atoms with Crippen LogP contribution < -0.4 is 19.8 Å². The van der Waals surface area contributed by atoms with E-state index in [9.17, 15) is 9.90 Å². The standard InChI is InChI=1S/C7H6O3.O3P/c8-6-4-2-1-3-5(6)7(9)10;1-4(2)3/h1-4,8H,(H,9,10);/q;-3/p-1. The zero-order chi connectivity index (χ0) is 11.1. The van der Waals surface area contributed by atoms with E-state index in [1.165, 1.54) is 24.3 Å². The van der Waals surface area contributed by atoms with Crippen LogP contribution in [0.15, 0.2) is 24.3 Å². The second-order valence-corrected chi connectivity index (χ2v) is 2.47. The van der Waals surface area contributed by atoms with Gasteiger partial charge < -0.3 is 33.5 Å². The Kier molecular flexibility index (Phi) is 5.74. The number of aromatic carboxylic acids is 1. The molecule has 0 fully saturated rings. The minimum Gasteiger partial charge on any atom is -0.872 e. The third kappa shape index (κ3) is 5.45. The molecule has 0 spiro atoms. The number of rotatable bonds is 1. The first kappa shape index (κ1) is 12.8. The maximum atomic E-state index is 10.7. The Bertz CT molecular complexity index is 297. The summed E-state index contributed by atoms with van der Waals surface area (Å²) in [5.41, 5.74) is -0.178. The fourth-order valence-corrected chi connectivity index (χ4v) is 0.643. The lowest BCUT2D eigenvalue weighted by atomic mass is 10.2. The Morgan fingerprint density at radius 3 is 1.93 bits per heavy atom. The lowest BCUT2D eigenvalue weighted by Crippen LogP contribution is -2.18. The van der Waals surface area contributed by atoms with Gasteiger partial charge in [-0.2, -0.15) is 0 Å². The molecule has 0 atom stereocenters. The summed E-state index contributed by atoms with van der Waals surface area (Å²) < 4.78 is 0. The fraction of sp³-hybridized carbons (Fsp3) is 0. The molecule has 1 aromatic rings.